The Bertz CT molecular complexity index is 1490. The third-order valence-corrected chi connectivity index (χ3v) is 7.02. The summed E-state index contributed by atoms with van der Waals surface area (Å²) in [6.45, 7) is 2.75. The summed E-state index contributed by atoms with van der Waals surface area (Å²) in [4.78, 5) is 15.6. The first-order valence-electron chi connectivity index (χ1n) is 11.8. The minimum atomic E-state index is -0.706. The summed E-state index contributed by atoms with van der Waals surface area (Å²) >= 11 is 0. The van der Waals surface area contributed by atoms with Gasteiger partial charge in [0.25, 0.3) is 0 Å². The molecular weight excluding hydrogens is 454 g/mol. The number of phenolic OH excluding ortho intramolecular Hbond substituents is 1. The van der Waals surface area contributed by atoms with E-state index in [0.29, 0.717) is 53.2 Å². The van der Waals surface area contributed by atoms with Crippen molar-refractivity contribution in [3.63, 3.8) is 0 Å². The lowest BCUT2D eigenvalue weighted by molar-refractivity contribution is 0.301. The van der Waals surface area contributed by atoms with Crippen LogP contribution in [0.3, 0.4) is 0 Å². The molecule has 0 spiro atoms. The zero-order valence-corrected chi connectivity index (χ0v) is 19.4. The average Bonchev–Trinajstić information content (AvgIpc) is 2.99. The van der Waals surface area contributed by atoms with E-state index >= 15 is 4.39 Å². The first kappa shape index (κ1) is 21.8. The van der Waals surface area contributed by atoms with Crippen molar-refractivity contribution in [2.75, 3.05) is 25.2 Å². The molecule has 2 aromatic heterocycles. The van der Waals surface area contributed by atoms with E-state index in [1.807, 2.05) is 6.92 Å². The third kappa shape index (κ3) is 3.32. The van der Waals surface area contributed by atoms with Crippen LogP contribution in [0.25, 0.3) is 32.9 Å². The number of ether oxygens (including phenoxy) is 2. The molecule has 0 atom stereocenters. The van der Waals surface area contributed by atoms with Gasteiger partial charge in [0.2, 0.25) is 5.88 Å². The summed E-state index contributed by atoms with van der Waals surface area (Å²) in [5.41, 5.74) is 0.638. The van der Waals surface area contributed by atoms with E-state index in [-0.39, 0.29) is 34.4 Å². The standard InChI is InChI=1S/C26H24F2N4O3/c1-3-16-18(27)8-7-13-11-15(33)12-17(19(13)16)22-21(28)23-20-24(31-26(30-23)34-2)32(14-5-4-6-14)9-10-35-25(20)29-22/h7-8,11-12,14,33H,3-6,9-10H2,1-2H3. The average molecular weight is 478 g/mol. The highest BCUT2D eigenvalue weighted by molar-refractivity contribution is 6.03. The second-order valence-corrected chi connectivity index (χ2v) is 8.93. The van der Waals surface area contributed by atoms with Gasteiger partial charge in [0.15, 0.2) is 5.82 Å². The lowest BCUT2D eigenvalue weighted by Crippen LogP contribution is -2.42. The van der Waals surface area contributed by atoms with Crippen molar-refractivity contribution >= 4 is 27.5 Å². The molecule has 3 heterocycles. The van der Waals surface area contributed by atoms with E-state index in [0.717, 1.165) is 19.3 Å². The Hall–Kier alpha value is -3.75. The number of hydrogen-bond acceptors (Lipinski definition) is 7. The van der Waals surface area contributed by atoms with Crippen LogP contribution in [-0.2, 0) is 6.42 Å². The van der Waals surface area contributed by atoms with Crippen molar-refractivity contribution in [3.05, 3.63) is 41.5 Å². The lowest BCUT2D eigenvalue weighted by Gasteiger charge is -2.37. The van der Waals surface area contributed by atoms with Crippen LogP contribution in [-0.4, -0.2) is 46.4 Å². The number of aryl methyl sites for hydroxylation is 1. The summed E-state index contributed by atoms with van der Waals surface area (Å²) in [5.74, 6) is -0.427. The van der Waals surface area contributed by atoms with Gasteiger partial charge in [-0.1, -0.05) is 13.0 Å². The maximum Gasteiger partial charge on any atom is 0.318 e. The van der Waals surface area contributed by atoms with Gasteiger partial charge in [0, 0.05) is 11.6 Å². The Balaban J connectivity index is 1.69. The van der Waals surface area contributed by atoms with Gasteiger partial charge in [-0.05, 0) is 60.2 Å². The monoisotopic (exact) mass is 478 g/mol. The highest BCUT2D eigenvalue weighted by Gasteiger charge is 2.33. The van der Waals surface area contributed by atoms with Gasteiger partial charge in [-0.15, -0.1) is 0 Å². The predicted octanol–water partition coefficient (Wildman–Crippen LogP) is 5.15. The number of nitrogens with zero attached hydrogens (tertiary/aromatic N) is 4. The van der Waals surface area contributed by atoms with Crippen molar-refractivity contribution in [2.45, 2.75) is 38.6 Å². The second-order valence-electron chi connectivity index (χ2n) is 8.93. The van der Waals surface area contributed by atoms with Crippen LogP contribution in [0.5, 0.6) is 17.6 Å². The number of pyridine rings is 1. The number of phenols is 1. The molecule has 1 aliphatic heterocycles. The number of aromatic hydroxyl groups is 1. The smallest absolute Gasteiger partial charge is 0.318 e. The van der Waals surface area contributed by atoms with Crippen molar-refractivity contribution in [2.24, 2.45) is 0 Å². The summed E-state index contributed by atoms with van der Waals surface area (Å²) in [6, 6.07) is 6.19. The van der Waals surface area contributed by atoms with Crippen LogP contribution < -0.4 is 14.4 Å². The van der Waals surface area contributed by atoms with E-state index in [1.165, 1.54) is 25.3 Å². The topological polar surface area (TPSA) is 80.6 Å². The molecular formula is C26H24F2N4O3. The second kappa shape index (κ2) is 8.18. The van der Waals surface area contributed by atoms with E-state index in [2.05, 4.69) is 19.9 Å². The van der Waals surface area contributed by atoms with Gasteiger partial charge in [-0.2, -0.15) is 9.97 Å². The largest absolute Gasteiger partial charge is 0.508 e. The van der Waals surface area contributed by atoms with Crippen LogP contribution in [0.15, 0.2) is 24.3 Å². The highest BCUT2D eigenvalue weighted by Crippen LogP contribution is 2.44. The fraction of sp³-hybridized carbons (Fsp3) is 0.346. The van der Waals surface area contributed by atoms with Crippen LogP contribution in [0.4, 0.5) is 14.6 Å². The summed E-state index contributed by atoms with van der Waals surface area (Å²) in [7, 11) is 1.44. The molecule has 0 bridgehead atoms. The molecule has 2 aliphatic rings. The highest BCUT2D eigenvalue weighted by atomic mass is 19.1. The molecule has 1 aliphatic carbocycles. The zero-order chi connectivity index (χ0) is 24.3. The van der Waals surface area contributed by atoms with Crippen LogP contribution in [0, 0.1) is 11.6 Å². The fourth-order valence-corrected chi connectivity index (χ4v) is 5.12. The normalized spacial score (nSPS) is 15.7. The molecule has 1 N–H and O–H groups in total. The summed E-state index contributed by atoms with van der Waals surface area (Å²) in [5, 5.41) is 11.9. The molecule has 0 radical (unpaired) electrons. The number of halogens is 2. The first-order chi connectivity index (χ1) is 17.0. The predicted molar refractivity (Wildman–Crippen MR) is 128 cm³/mol. The molecule has 1 saturated carbocycles. The number of hydrogen-bond donors (Lipinski definition) is 1. The number of fused-ring (bicyclic) bond motifs is 1. The molecule has 9 heteroatoms. The Labute approximate surface area is 200 Å². The fourth-order valence-electron chi connectivity index (χ4n) is 5.12. The molecule has 4 aromatic rings. The SMILES string of the molecule is CCc1c(F)ccc2cc(O)cc(-c3nc4c5c(nc(OC)nc5c3F)N(C3CCC3)CCO4)c12. The Kier molecular flexibility index (Phi) is 5.09. The minimum absolute atomic E-state index is 0.0176. The molecule has 0 unspecified atom stereocenters. The molecule has 35 heavy (non-hydrogen) atoms. The first-order valence-corrected chi connectivity index (χ1v) is 11.8. The van der Waals surface area contributed by atoms with Crippen LogP contribution in [0.2, 0.25) is 0 Å². The number of benzene rings is 2. The van der Waals surface area contributed by atoms with Gasteiger partial charge < -0.3 is 19.5 Å². The van der Waals surface area contributed by atoms with Crippen molar-refractivity contribution < 1.29 is 23.4 Å². The lowest BCUT2D eigenvalue weighted by atomic mass is 9.91. The minimum Gasteiger partial charge on any atom is -0.508 e. The maximum absolute atomic E-state index is 16.3. The van der Waals surface area contributed by atoms with Gasteiger partial charge >= 0.3 is 6.01 Å². The van der Waals surface area contributed by atoms with E-state index in [9.17, 15) is 9.50 Å². The molecule has 1 fully saturated rings. The van der Waals surface area contributed by atoms with Gasteiger partial charge in [-0.3, -0.25) is 0 Å². The van der Waals surface area contributed by atoms with Crippen molar-refractivity contribution in [3.8, 4) is 28.9 Å². The number of rotatable bonds is 4. The summed E-state index contributed by atoms with van der Waals surface area (Å²) < 4.78 is 42.4. The van der Waals surface area contributed by atoms with Gasteiger partial charge in [0.05, 0.1) is 13.7 Å². The number of methoxy groups -OCH3 is 1. The molecule has 7 nitrogen and oxygen atoms in total. The van der Waals surface area contributed by atoms with E-state index in [4.69, 9.17) is 9.47 Å². The van der Waals surface area contributed by atoms with E-state index < -0.39 is 11.6 Å². The molecule has 180 valence electrons. The Morgan fingerprint density at radius 1 is 1.14 bits per heavy atom. The zero-order valence-electron chi connectivity index (χ0n) is 19.4. The molecule has 6 rings (SSSR count). The Morgan fingerprint density at radius 2 is 1.97 bits per heavy atom. The Morgan fingerprint density at radius 3 is 2.69 bits per heavy atom. The number of anilines is 1. The molecule has 0 saturated heterocycles. The van der Waals surface area contributed by atoms with Crippen LogP contribution in [0.1, 0.15) is 31.7 Å². The number of aromatic nitrogens is 3. The quantitative estimate of drug-likeness (QED) is 0.434. The maximum atomic E-state index is 16.3. The summed E-state index contributed by atoms with van der Waals surface area (Å²) in [6.07, 6.45) is 3.57. The van der Waals surface area contributed by atoms with Crippen molar-refractivity contribution in [1.82, 2.24) is 15.0 Å². The molecule has 0 amide bonds. The van der Waals surface area contributed by atoms with Gasteiger partial charge in [0.1, 0.15) is 40.6 Å². The van der Waals surface area contributed by atoms with E-state index in [1.54, 1.807) is 6.07 Å². The van der Waals surface area contributed by atoms with Crippen LogP contribution >= 0.6 is 0 Å². The van der Waals surface area contributed by atoms with Gasteiger partial charge in [-0.25, -0.2) is 13.8 Å². The third-order valence-electron chi connectivity index (χ3n) is 7.02. The molecule has 2 aromatic carbocycles. The van der Waals surface area contributed by atoms with Crippen molar-refractivity contribution in [1.29, 1.82) is 0 Å².